The van der Waals surface area contributed by atoms with Crippen molar-refractivity contribution in [3.05, 3.63) is 46.0 Å². The molecule has 0 aliphatic carbocycles. The molecule has 0 bridgehead atoms. The van der Waals surface area contributed by atoms with Crippen LogP contribution in [0.3, 0.4) is 0 Å². The number of rotatable bonds is 5. The molecule has 108 valence electrons. The molecule has 0 aromatic heterocycles. The largest absolute Gasteiger partial charge is 0.276 e. The summed E-state index contributed by atoms with van der Waals surface area (Å²) in [5, 5.41) is 14.3. The van der Waals surface area contributed by atoms with Crippen LogP contribution < -0.4 is 4.83 Å². The average molecular weight is 297 g/mol. The van der Waals surface area contributed by atoms with Crippen molar-refractivity contribution < 1.29 is 13.3 Å². The molecule has 1 aromatic carbocycles. The lowest BCUT2D eigenvalue weighted by Crippen LogP contribution is -2.19. The van der Waals surface area contributed by atoms with Crippen molar-refractivity contribution in [2.24, 2.45) is 5.10 Å². The van der Waals surface area contributed by atoms with Gasteiger partial charge >= 0.3 is 0 Å². The highest BCUT2D eigenvalue weighted by atomic mass is 32.2. The number of non-ortho nitro benzene ring substituents is 1. The maximum atomic E-state index is 11.9. The molecule has 0 saturated carbocycles. The van der Waals surface area contributed by atoms with E-state index in [9.17, 15) is 18.5 Å². The molecule has 0 heterocycles. The normalized spacial score (nSPS) is 11.8. The Morgan fingerprint density at radius 1 is 1.35 bits per heavy atom. The van der Waals surface area contributed by atoms with E-state index in [1.807, 2.05) is 18.7 Å². The molecule has 0 radical (unpaired) electrons. The van der Waals surface area contributed by atoms with Crippen molar-refractivity contribution >= 4 is 21.4 Å². The van der Waals surface area contributed by atoms with Crippen LogP contribution in [0.2, 0.25) is 0 Å². The van der Waals surface area contributed by atoms with Gasteiger partial charge in [0.1, 0.15) is 0 Å². The SMILES string of the molecule is CC(C)=C/C(C)=N\NS(=O)(=O)c1cccc([N+](=O)[O-])c1. The van der Waals surface area contributed by atoms with E-state index in [-0.39, 0.29) is 10.6 Å². The highest BCUT2D eigenvalue weighted by Crippen LogP contribution is 2.17. The zero-order valence-electron chi connectivity index (χ0n) is 11.3. The molecule has 0 amide bonds. The molecule has 0 aliphatic rings. The molecule has 0 spiro atoms. The summed E-state index contributed by atoms with van der Waals surface area (Å²) < 4.78 is 23.9. The first-order valence-corrected chi connectivity index (χ1v) is 7.16. The summed E-state index contributed by atoms with van der Waals surface area (Å²) in [4.78, 5) is 11.8. The number of hydrazone groups is 1. The monoisotopic (exact) mass is 297 g/mol. The highest BCUT2D eigenvalue weighted by molar-refractivity contribution is 7.89. The fraction of sp³-hybridized carbons (Fsp3) is 0.250. The smallest absolute Gasteiger partial charge is 0.258 e. The fourth-order valence-electron chi connectivity index (χ4n) is 1.40. The summed E-state index contributed by atoms with van der Waals surface area (Å²) in [6, 6.07) is 4.77. The predicted octanol–water partition coefficient (Wildman–Crippen LogP) is 2.22. The van der Waals surface area contributed by atoms with E-state index >= 15 is 0 Å². The number of hydrogen-bond acceptors (Lipinski definition) is 5. The Hall–Kier alpha value is -2.22. The quantitative estimate of drug-likeness (QED) is 0.511. The number of hydrogen-bond donors (Lipinski definition) is 1. The topological polar surface area (TPSA) is 102 Å². The predicted molar refractivity (Wildman–Crippen MR) is 76.0 cm³/mol. The lowest BCUT2D eigenvalue weighted by molar-refractivity contribution is -0.385. The zero-order valence-corrected chi connectivity index (χ0v) is 12.1. The van der Waals surface area contributed by atoms with E-state index in [0.717, 1.165) is 11.6 Å². The lowest BCUT2D eigenvalue weighted by atomic mass is 10.3. The minimum atomic E-state index is -3.92. The van der Waals surface area contributed by atoms with Crippen LogP contribution in [0.5, 0.6) is 0 Å². The molecule has 1 rings (SSSR count). The van der Waals surface area contributed by atoms with Crippen LogP contribution in [0.15, 0.2) is 45.9 Å². The Morgan fingerprint density at radius 2 is 2.00 bits per heavy atom. The number of nitro benzene ring substituents is 1. The van der Waals surface area contributed by atoms with Crippen LogP contribution in [0.4, 0.5) is 5.69 Å². The average Bonchev–Trinajstić information content (AvgIpc) is 2.36. The third-order valence-electron chi connectivity index (χ3n) is 2.18. The van der Waals surface area contributed by atoms with E-state index in [0.29, 0.717) is 5.71 Å². The van der Waals surface area contributed by atoms with Crippen molar-refractivity contribution in [1.29, 1.82) is 0 Å². The van der Waals surface area contributed by atoms with Gasteiger partial charge in [0.15, 0.2) is 0 Å². The number of benzene rings is 1. The summed E-state index contributed by atoms with van der Waals surface area (Å²) in [6.45, 7) is 5.35. The molecule has 0 fully saturated rings. The van der Waals surface area contributed by atoms with Gasteiger partial charge in [-0.2, -0.15) is 18.4 Å². The third-order valence-corrected chi connectivity index (χ3v) is 3.38. The van der Waals surface area contributed by atoms with E-state index in [1.165, 1.54) is 18.2 Å². The van der Waals surface area contributed by atoms with Gasteiger partial charge < -0.3 is 0 Å². The Morgan fingerprint density at radius 3 is 2.55 bits per heavy atom. The Labute approximate surface area is 117 Å². The van der Waals surface area contributed by atoms with Crippen LogP contribution in [-0.2, 0) is 10.0 Å². The number of nitrogens with one attached hydrogen (secondary N) is 1. The molecule has 0 aliphatic heterocycles. The van der Waals surface area contributed by atoms with Crippen molar-refractivity contribution in [2.75, 3.05) is 0 Å². The summed E-state index contributed by atoms with van der Waals surface area (Å²) >= 11 is 0. The lowest BCUT2D eigenvalue weighted by Gasteiger charge is -2.04. The van der Waals surface area contributed by atoms with Gasteiger partial charge in [-0.05, 0) is 32.9 Å². The first kappa shape index (κ1) is 15.8. The Bertz CT molecular complexity index is 674. The second kappa shape index (κ2) is 6.29. The van der Waals surface area contributed by atoms with Crippen LogP contribution in [0, 0.1) is 10.1 Å². The summed E-state index contributed by atoms with van der Waals surface area (Å²) in [5.74, 6) is 0. The molecule has 1 N–H and O–H groups in total. The highest BCUT2D eigenvalue weighted by Gasteiger charge is 2.16. The minimum absolute atomic E-state index is 0.208. The number of sulfonamides is 1. The maximum Gasteiger partial charge on any atom is 0.276 e. The Balaban J connectivity index is 3.03. The molecule has 0 atom stereocenters. The molecule has 0 saturated heterocycles. The zero-order chi connectivity index (χ0) is 15.3. The number of nitro groups is 1. The van der Waals surface area contributed by atoms with Gasteiger partial charge in [-0.3, -0.25) is 10.1 Å². The van der Waals surface area contributed by atoms with Gasteiger partial charge in [-0.25, -0.2) is 0 Å². The van der Waals surface area contributed by atoms with Gasteiger partial charge in [0.2, 0.25) is 0 Å². The molecular weight excluding hydrogens is 282 g/mol. The van der Waals surface area contributed by atoms with Crippen molar-refractivity contribution in [3.63, 3.8) is 0 Å². The van der Waals surface area contributed by atoms with Crippen LogP contribution >= 0.6 is 0 Å². The summed E-state index contributed by atoms with van der Waals surface area (Å²) in [5.41, 5.74) is 1.16. The van der Waals surface area contributed by atoms with Gasteiger partial charge in [0.05, 0.1) is 15.5 Å². The second-order valence-electron chi connectivity index (χ2n) is 4.32. The number of allylic oxidation sites excluding steroid dienone is 2. The van der Waals surface area contributed by atoms with Gasteiger partial charge in [0.25, 0.3) is 15.7 Å². The molecule has 7 nitrogen and oxygen atoms in total. The molecule has 0 unspecified atom stereocenters. The Kier molecular flexibility index (Phi) is 4.98. The van der Waals surface area contributed by atoms with E-state index in [4.69, 9.17) is 0 Å². The standard InChI is InChI=1S/C12H15N3O4S/c1-9(2)7-10(3)13-14-20(18,19)12-6-4-5-11(8-12)15(16)17/h4-8,14H,1-3H3/b13-10-. The second-order valence-corrected chi connectivity index (χ2v) is 5.98. The molecule has 8 heteroatoms. The van der Waals surface area contributed by atoms with E-state index in [2.05, 4.69) is 5.10 Å². The summed E-state index contributed by atoms with van der Waals surface area (Å²) in [7, 11) is -3.92. The van der Waals surface area contributed by atoms with E-state index in [1.54, 1.807) is 13.0 Å². The van der Waals surface area contributed by atoms with Gasteiger partial charge in [0, 0.05) is 12.1 Å². The summed E-state index contributed by atoms with van der Waals surface area (Å²) in [6.07, 6.45) is 1.70. The fourth-order valence-corrected chi connectivity index (χ4v) is 2.30. The first-order valence-electron chi connectivity index (χ1n) is 5.68. The minimum Gasteiger partial charge on any atom is -0.258 e. The van der Waals surface area contributed by atoms with Crippen molar-refractivity contribution in [3.8, 4) is 0 Å². The van der Waals surface area contributed by atoms with Gasteiger partial charge in [-0.15, -0.1) is 0 Å². The van der Waals surface area contributed by atoms with Crippen LogP contribution in [-0.4, -0.2) is 19.1 Å². The van der Waals surface area contributed by atoms with E-state index < -0.39 is 14.9 Å². The number of nitrogens with zero attached hydrogens (tertiary/aromatic N) is 2. The maximum absolute atomic E-state index is 11.9. The molecule has 20 heavy (non-hydrogen) atoms. The van der Waals surface area contributed by atoms with Crippen LogP contribution in [0.1, 0.15) is 20.8 Å². The molecule has 1 aromatic rings. The first-order chi connectivity index (χ1) is 9.22. The third kappa shape index (κ3) is 4.47. The van der Waals surface area contributed by atoms with Crippen LogP contribution in [0.25, 0.3) is 0 Å². The molecular formula is C12H15N3O4S. The van der Waals surface area contributed by atoms with Gasteiger partial charge in [-0.1, -0.05) is 11.6 Å². The van der Waals surface area contributed by atoms with Crippen molar-refractivity contribution in [1.82, 2.24) is 4.83 Å². The van der Waals surface area contributed by atoms with Crippen molar-refractivity contribution in [2.45, 2.75) is 25.7 Å².